The van der Waals surface area contributed by atoms with Crippen molar-refractivity contribution in [3.05, 3.63) is 117 Å². The fourth-order valence-electron chi connectivity index (χ4n) is 4.53. The molecule has 0 radical (unpaired) electrons. The lowest BCUT2D eigenvalue weighted by Gasteiger charge is -2.30. The molecule has 6 rings (SSSR count). The number of allylic oxidation sites excluding steroid dienone is 2. The predicted octanol–water partition coefficient (Wildman–Crippen LogP) is 6.04. The molecule has 0 bridgehead atoms. The number of halogens is 2. The van der Waals surface area contributed by atoms with E-state index in [0.717, 1.165) is 22.3 Å². The van der Waals surface area contributed by atoms with Gasteiger partial charge in [-0.2, -0.15) is 0 Å². The molecular formula is C26H14Cl2O3. The third-order valence-electron chi connectivity index (χ3n) is 6.13. The Kier molecular flexibility index (Phi) is 3.94. The SMILES string of the molecule is O=C(c1ccc(Cl)cc1)c1cccc2c1C1=C2C=CC2(C(=O)c3ccc(Cl)cc3)OC12. The van der Waals surface area contributed by atoms with E-state index in [-0.39, 0.29) is 17.7 Å². The molecule has 1 saturated heterocycles. The molecule has 5 heteroatoms. The second-order valence-electron chi connectivity index (χ2n) is 7.85. The number of carbonyl (C=O) groups is 2. The van der Waals surface area contributed by atoms with Crippen molar-refractivity contribution < 1.29 is 14.3 Å². The van der Waals surface area contributed by atoms with E-state index in [4.69, 9.17) is 27.9 Å². The molecule has 0 amide bonds. The molecule has 1 fully saturated rings. The number of Topliss-reactive ketones (excluding diaryl/α,β-unsaturated/α-hetero) is 1. The third kappa shape index (κ3) is 2.64. The molecule has 0 aromatic heterocycles. The van der Waals surface area contributed by atoms with Gasteiger partial charge in [-0.1, -0.05) is 47.5 Å². The molecule has 0 N–H and O–H groups in total. The van der Waals surface area contributed by atoms with E-state index >= 15 is 0 Å². The van der Waals surface area contributed by atoms with Crippen LogP contribution in [0.2, 0.25) is 10.0 Å². The fourth-order valence-corrected chi connectivity index (χ4v) is 4.78. The zero-order chi connectivity index (χ0) is 21.3. The summed E-state index contributed by atoms with van der Waals surface area (Å²) in [6, 6.07) is 19.4. The van der Waals surface area contributed by atoms with Crippen LogP contribution in [0.1, 0.15) is 37.4 Å². The van der Waals surface area contributed by atoms with E-state index in [1.807, 2.05) is 30.4 Å². The first-order chi connectivity index (χ1) is 15.0. The maximum Gasteiger partial charge on any atom is 0.201 e. The Morgan fingerprint density at radius 3 is 2.16 bits per heavy atom. The highest BCUT2D eigenvalue weighted by Crippen LogP contribution is 2.59. The average Bonchev–Trinajstić information content (AvgIpc) is 3.51. The summed E-state index contributed by atoms with van der Waals surface area (Å²) < 4.78 is 6.00. The minimum atomic E-state index is -1.01. The van der Waals surface area contributed by atoms with Gasteiger partial charge in [0.25, 0.3) is 0 Å². The van der Waals surface area contributed by atoms with E-state index in [9.17, 15) is 9.59 Å². The molecule has 2 aliphatic carbocycles. The standard InChI is InChI=1S/C26H14Cl2O3/c27-16-8-4-14(5-9-16)23(29)20-3-1-2-18-19-12-13-26(25(31-26)22(19)21(18)20)24(30)15-6-10-17(28)11-7-15/h1-13,25H. The number of ketones is 2. The summed E-state index contributed by atoms with van der Waals surface area (Å²) in [5.41, 5.74) is 4.55. The Labute approximate surface area is 188 Å². The summed E-state index contributed by atoms with van der Waals surface area (Å²) in [6.45, 7) is 0. The van der Waals surface area contributed by atoms with Gasteiger partial charge in [-0.25, -0.2) is 0 Å². The monoisotopic (exact) mass is 444 g/mol. The summed E-state index contributed by atoms with van der Waals surface area (Å²) >= 11 is 11.9. The van der Waals surface area contributed by atoms with E-state index in [1.54, 1.807) is 48.5 Å². The summed E-state index contributed by atoms with van der Waals surface area (Å²) in [7, 11) is 0. The van der Waals surface area contributed by atoms with E-state index in [2.05, 4.69) is 0 Å². The highest BCUT2D eigenvalue weighted by atomic mass is 35.5. The number of hydrogen-bond donors (Lipinski definition) is 0. The van der Waals surface area contributed by atoms with Crippen LogP contribution in [0.5, 0.6) is 0 Å². The zero-order valence-electron chi connectivity index (χ0n) is 16.1. The number of rotatable bonds is 4. The lowest BCUT2D eigenvalue weighted by Crippen LogP contribution is -2.30. The van der Waals surface area contributed by atoms with Crippen molar-refractivity contribution in [2.24, 2.45) is 0 Å². The lowest BCUT2D eigenvalue weighted by molar-refractivity contribution is 0.0909. The van der Waals surface area contributed by atoms with Gasteiger partial charge in [0.15, 0.2) is 11.4 Å². The molecule has 0 spiro atoms. The van der Waals surface area contributed by atoms with Crippen LogP contribution in [0.3, 0.4) is 0 Å². The van der Waals surface area contributed by atoms with Crippen molar-refractivity contribution in [1.82, 2.24) is 0 Å². The number of epoxide rings is 1. The van der Waals surface area contributed by atoms with Crippen LogP contribution in [0.15, 0.2) is 78.9 Å². The van der Waals surface area contributed by atoms with Crippen molar-refractivity contribution in [3.8, 4) is 0 Å². The number of fused-ring (bicyclic) bond motifs is 5. The van der Waals surface area contributed by atoms with Crippen LogP contribution >= 0.6 is 23.2 Å². The smallest absolute Gasteiger partial charge is 0.201 e. The normalized spacial score (nSPS) is 22.2. The minimum Gasteiger partial charge on any atom is -0.348 e. The highest BCUT2D eigenvalue weighted by molar-refractivity contribution is 6.31. The Morgan fingerprint density at radius 1 is 0.839 bits per heavy atom. The van der Waals surface area contributed by atoms with Crippen molar-refractivity contribution in [2.45, 2.75) is 11.7 Å². The number of carbonyl (C=O) groups excluding carboxylic acids is 2. The van der Waals surface area contributed by atoms with Crippen LogP contribution < -0.4 is 0 Å². The molecule has 0 saturated carbocycles. The van der Waals surface area contributed by atoms with Gasteiger partial charge in [0, 0.05) is 32.3 Å². The first kappa shape index (κ1) is 18.8. The Hall–Kier alpha value is -2.98. The van der Waals surface area contributed by atoms with Crippen LogP contribution in [0, 0.1) is 0 Å². The molecule has 2 unspecified atom stereocenters. The molecule has 3 aromatic carbocycles. The molecule has 3 nitrogen and oxygen atoms in total. The third-order valence-corrected chi connectivity index (χ3v) is 6.64. The molecule has 31 heavy (non-hydrogen) atoms. The number of benzene rings is 3. The number of hydrogen-bond acceptors (Lipinski definition) is 3. The van der Waals surface area contributed by atoms with Gasteiger partial charge >= 0.3 is 0 Å². The van der Waals surface area contributed by atoms with Crippen LogP contribution in [-0.2, 0) is 4.74 Å². The Bertz CT molecular complexity index is 1350. The summed E-state index contributed by atoms with van der Waals surface area (Å²) in [4.78, 5) is 26.4. The molecule has 1 heterocycles. The van der Waals surface area contributed by atoms with E-state index < -0.39 is 5.60 Å². The van der Waals surface area contributed by atoms with Crippen LogP contribution in [0.25, 0.3) is 11.1 Å². The van der Waals surface area contributed by atoms with Crippen molar-refractivity contribution in [3.63, 3.8) is 0 Å². The Balaban J connectivity index is 1.37. The van der Waals surface area contributed by atoms with Gasteiger partial charge in [-0.15, -0.1) is 0 Å². The van der Waals surface area contributed by atoms with Gasteiger partial charge in [-0.05, 0) is 71.3 Å². The summed E-state index contributed by atoms with van der Waals surface area (Å²) in [5, 5.41) is 1.15. The zero-order valence-corrected chi connectivity index (χ0v) is 17.6. The average molecular weight is 445 g/mol. The maximum absolute atomic E-state index is 13.2. The highest BCUT2D eigenvalue weighted by Gasteiger charge is 2.65. The second kappa shape index (κ2) is 6.51. The number of ether oxygens (including phenoxy) is 1. The molecule has 2 atom stereocenters. The van der Waals surface area contributed by atoms with E-state index in [0.29, 0.717) is 26.7 Å². The Morgan fingerprint density at radius 2 is 1.48 bits per heavy atom. The van der Waals surface area contributed by atoms with Crippen molar-refractivity contribution in [2.75, 3.05) is 0 Å². The summed E-state index contributed by atoms with van der Waals surface area (Å²) in [6.07, 6.45) is 3.39. The lowest BCUT2D eigenvalue weighted by atomic mass is 9.69. The van der Waals surface area contributed by atoms with Gasteiger partial charge < -0.3 is 4.74 Å². The maximum atomic E-state index is 13.2. The topological polar surface area (TPSA) is 46.7 Å². The minimum absolute atomic E-state index is 0.0788. The van der Waals surface area contributed by atoms with Gasteiger partial charge in [0.2, 0.25) is 5.78 Å². The van der Waals surface area contributed by atoms with Crippen LogP contribution in [0.4, 0.5) is 0 Å². The van der Waals surface area contributed by atoms with E-state index in [1.165, 1.54) is 0 Å². The molecule has 3 aliphatic rings. The van der Waals surface area contributed by atoms with Crippen molar-refractivity contribution >= 4 is 45.9 Å². The molecular weight excluding hydrogens is 431 g/mol. The predicted molar refractivity (Wildman–Crippen MR) is 121 cm³/mol. The summed E-state index contributed by atoms with van der Waals surface area (Å²) in [5.74, 6) is -0.183. The molecule has 1 aliphatic heterocycles. The fraction of sp³-hybridized carbons (Fsp3) is 0.0769. The first-order valence-corrected chi connectivity index (χ1v) is 10.6. The molecule has 150 valence electrons. The van der Waals surface area contributed by atoms with Gasteiger partial charge in [-0.3, -0.25) is 9.59 Å². The van der Waals surface area contributed by atoms with Gasteiger partial charge in [0.1, 0.15) is 6.10 Å². The molecule has 3 aromatic rings. The largest absolute Gasteiger partial charge is 0.348 e. The van der Waals surface area contributed by atoms with Crippen molar-refractivity contribution in [1.29, 1.82) is 0 Å². The van der Waals surface area contributed by atoms with Crippen LogP contribution in [-0.4, -0.2) is 23.3 Å². The second-order valence-corrected chi connectivity index (χ2v) is 8.72. The first-order valence-electron chi connectivity index (χ1n) is 9.85. The quantitative estimate of drug-likeness (QED) is 0.364. The van der Waals surface area contributed by atoms with Gasteiger partial charge in [0.05, 0.1) is 0 Å².